The van der Waals surface area contributed by atoms with Gasteiger partial charge in [-0.15, -0.1) is 0 Å². The molecule has 49 heavy (non-hydrogen) atoms. The molecule has 5 atom stereocenters. The van der Waals surface area contributed by atoms with Gasteiger partial charge in [-0.25, -0.2) is 9.78 Å². The van der Waals surface area contributed by atoms with Gasteiger partial charge >= 0.3 is 12.2 Å². The Morgan fingerprint density at radius 3 is 2.57 bits per heavy atom. The molecule has 260 valence electrons. The van der Waals surface area contributed by atoms with Gasteiger partial charge in [0.15, 0.2) is 17.1 Å². The van der Waals surface area contributed by atoms with Gasteiger partial charge in [0.2, 0.25) is 0 Å². The van der Waals surface area contributed by atoms with Gasteiger partial charge in [0, 0.05) is 43.5 Å². The first-order valence-electron chi connectivity index (χ1n) is 15.8. The fourth-order valence-corrected chi connectivity index (χ4v) is 7.29. The third-order valence-corrected chi connectivity index (χ3v) is 10.2. The molecule has 1 aliphatic heterocycles. The minimum absolute atomic E-state index is 0.00297. The third kappa shape index (κ3) is 5.98. The van der Waals surface area contributed by atoms with Crippen molar-refractivity contribution in [2.24, 2.45) is 18.7 Å². The van der Waals surface area contributed by atoms with Crippen molar-refractivity contribution in [1.29, 1.82) is 0 Å². The molecule has 7 rings (SSSR count). The fourth-order valence-electron chi connectivity index (χ4n) is 7.02. The number of nitrogens with zero attached hydrogens (tertiary/aromatic N) is 5. The third-order valence-electron chi connectivity index (χ3n) is 9.88. The average molecular weight is 704 g/mol. The van der Waals surface area contributed by atoms with E-state index < -0.39 is 35.3 Å². The SMILES string of the molecule is Cn1c(-c2cn(C3CC3)nc2C(F)(F)F)cnc1C(=O)Nc1ccc(C(=O)NC2C3CN(C(=O)N[C@@H]4CCC[C@@H]4N)CC32OC=O)c(Cl)c1. The van der Waals surface area contributed by atoms with Crippen molar-refractivity contribution < 1.29 is 37.1 Å². The maximum absolute atomic E-state index is 13.8. The van der Waals surface area contributed by atoms with Crippen molar-refractivity contribution in [3.05, 3.63) is 52.7 Å². The molecule has 4 fully saturated rings. The predicted octanol–water partition coefficient (Wildman–Crippen LogP) is 3.09. The van der Waals surface area contributed by atoms with Crippen molar-refractivity contribution in [3.63, 3.8) is 0 Å². The van der Waals surface area contributed by atoms with Crippen LogP contribution in [0.1, 0.15) is 64.8 Å². The molecule has 18 heteroatoms. The summed E-state index contributed by atoms with van der Waals surface area (Å²) < 4.78 is 49.3. The highest BCUT2D eigenvalue weighted by atomic mass is 35.5. The highest BCUT2D eigenvalue weighted by Crippen LogP contribution is 2.52. The molecular weight excluding hydrogens is 671 g/mol. The largest absolute Gasteiger partial charge is 0.457 e. The smallest absolute Gasteiger partial charge is 0.435 e. The minimum Gasteiger partial charge on any atom is -0.457 e. The highest BCUT2D eigenvalue weighted by molar-refractivity contribution is 6.34. The van der Waals surface area contributed by atoms with Crippen LogP contribution in [0.25, 0.3) is 11.3 Å². The van der Waals surface area contributed by atoms with Gasteiger partial charge < -0.3 is 35.9 Å². The lowest BCUT2D eigenvalue weighted by atomic mass is 10.1. The number of rotatable bonds is 9. The number of likely N-dealkylation sites (tertiary alicyclic amines) is 1. The maximum atomic E-state index is 13.8. The first-order chi connectivity index (χ1) is 23.3. The molecule has 3 saturated carbocycles. The van der Waals surface area contributed by atoms with Crippen LogP contribution in [0, 0.1) is 5.92 Å². The molecule has 2 aromatic heterocycles. The van der Waals surface area contributed by atoms with Crippen molar-refractivity contribution in [1.82, 2.24) is 34.9 Å². The Kier molecular flexibility index (Phi) is 8.09. The Morgan fingerprint density at radius 2 is 1.92 bits per heavy atom. The van der Waals surface area contributed by atoms with Gasteiger partial charge in [0.1, 0.15) is 0 Å². The molecule has 3 unspecified atom stereocenters. The van der Waals surface area contributed by atoms with E-state index in [1.807, 2.05) is 0 Å². The Morgan fingerprint density at radius 1 is 1.14 bits per heavy atom. The van der Waals surface area contributed by atoms with Crippen LogP contribution in [0.3, 0.4) is 0 Å². The zero-order chi connectivity index (χ0) is 34.8. The van der Waals surface area contributed by atoms with Crippen LogP contribution >= 0.6 is 11.6 Å². The number of anilines is 1. The molecular formula is C31H33ClF3N9O5. The Labute approximate surface area is 282 Å². The van der Waals surface area contributed by atoms with E-state index in [4.69, 9.17) is 22.1 Å². The van der Waals surface area contributed by atoms with Crippen molar-refractivity contribution in [2.75, 3.05) is 18.4 Å². The van der Waals surface area contributed by atoms with Gasteiger partial charge in [0.05, 0.1) is 46.7 Å². The number of piperidine rings is 1. The molecule has 0 radical (unpaired) electrons. The zero-order valence-corrected chi connectivity index (χ0v) is 26.9. The van der Waals surface area contributed by atoms with E-state index in [1.165, 1.54) is 46.9 Å². The molecule has 4 aliphatic rings. The van der Waals surface area contributed by atoms with E-state index in [9.17, 15) is 32.3 Å². The summed E-state index contributed by atoms with van der Waals surface area (Å²) in [4.78, 5) is 56.2. The van der Waals surface area contributed by atoms with E-state index in [2.05, 4.69) is 26.0 Å². The fraction of sp³-hybridized carbons (Fsp3) is 0.484. The standard InChI is InChI=1S/C31H33ClF3N9O5/c1-42-23(18-11-44(16-6-7-16)41-24(18)31(33,34)35)10-37-26(42)28(47)38-15-5-8-17(20(32)9-15)27(46)40-25-19-12-43(13-30(19,25)49-14-45)29(48)39-22-4-2-3-21(22)36/h5,8-11,14,16,19,21-22,25H,2-4,6-7,12-13,36H2,1H3,(H,38,47)(H,39,48)(H,40,46)/t19?,21-,22+,25?,30?/m0/s1. The number of hydrogen-bond acceptors (Lipinski definition) is 8. The summed E-state index contributed by atoms with van der Waals surface area (Å²) in [6.07, 6.45) is 1.86. The number of nitrogens with one attached hydrogen (secondary N) is 3. The number of carbonyl (C=O) groups is 4. The Bertz CT molecular complexity index is 1840. The predicted molar refractivity (Wildman–Crippen MR) is 167 cm³/mol. The van der Waals surface area contributed by atoms with Crippen LogP contribution in [0.2, 0.25) is 5.02 Å². The minimum atomic E-state index is -4.70. The van der Waals surface area contributed by atoms with Gasteiger partial charge in [0.25, 0.3) is 18.3 Å². The average Bonchev–Trinajstić information content (AvgIpc) is 3.63. The van der Waals surface area contributed by atoms with Crippen molar-refractivity contribution >= 4 is 41.6 Å². The van der Waals surface area contributed by atoms with E-state index in [1.54, 1.807) is 4.90 Å². The van der Waals surface area contributed by atoms with Gasteiger partial charge in [-0.2, -0.15) is 18.3 Å². The topological polar surface area (TPSA) is 178 Å². The molecule has 14 nitrogen and oxygen atoms in total. The molecule has 1 saturated heterocycles. The second-order valence-corrected chi connectivity index (χ2v) is 13.4. The summed E-state index contributed by atoms with van der Waals surface area (Å²) >= 11 is 6.43. The number of aromatic nitrogens is 4. The lowest BCUT2D eigenvalue weighted by Crippen LogP contribution is -2.51. The Hall–Kier alpha value is -4.64. The molecule has 1 aromatic carbocycles. The number of urea groups is 1. The number of nitrogens with two attached hydrogens (primary N) is 1. The summed E-state index contributed by atoms with van der Waals surface area (Å²) in [5.41, 5.74) is 4.13. The summed E-state index contributed by atoms with van der Waals surface area (Å²) in [5, 5.41) is 12.2. The number of amides is 4. The van der Waals surface area contributed by atoms with E-state index in [0.717, 1.165) is 32.1 Å². The number of imidazole rings is 1. The van der Waals surface area contributed by atoms with Gasteiger partial charge in [-0.1, -0.05) is 11.6 Å². The number of benzene rings is 1. The van der Waals surface area contributed by atoms with Crippen LogP contribution in [0.5, 0.6) is 0 Å². The lowest BCUT2D eigenvalue weighted by molar-refractivity contribution is -0.141. The number of ether oxygens (including phenoxy) is 1. The molecule has 3 heterocycles. The molecule has 0 bridgehead atoms. The molecule has 5 N–H and O–H groups in total. The summed E-state index contributed by atoms with van der Waals surface area (Å²) in [6.45, 7) is 0.669. The van der Waals surface area contributed by atoms with Gasteiger partial charge in [-0.3, -0.25) is 19.1 Å². The molecule has 3 aromatic rings. The molecule has 3 aliphatic carbocycles. The van der Waals surface area contributed by atoms with Crippen LogP contribution in [-0.4, -0.2) is 85.4 Å². The maximum Gasteiger partial charge on any atom is 0.435 e. The lowest BCUT2D eigenvalue weighted by Gasteiger charge is -2.26. The number of halogens is 4. The zero-order valence-electron chi connectivity index (χ0n) is 26.2. The van der Waals surface area contributed by atoms with Crippen molar-refractivity contribution in [3.8, 4) is 11.3 Å². The van der Waals surface area contributed by atoms with Crippen molar-refractivity contribution in [2.45, 2.75) is 68.0 Å². The second-order valence-electron chi connectivity index (χ2n) is 13.0. The number of hydrogen-bond donors (Lipinski definition) is 4. The monoisotopic (exact) mass is 703 g/mol. The number of fused-ring (bicyclic) bond motifs is 1. The molecule has 4 amide bonds. The van der Waals surface area contributed by atoms with E-state index in [0.29, 0.717) is 6.47 Å². The first kappa shape index (κ1) is 32.9. The normalized spacial score (nSPS) is 25.9. The molecule has 0 spiro atoms. The first-order valence-corrected chi connectivity index (χ1v) is 16.2. The van der Waals surface area contributed by atoms with Crippen LogP contribution in [0.4, 0.5) is 23.7 Å². The quantitative estimate of drug-likeness (QED) is 0.246. The second kappa shape index (κ2) is 12.0. The number of carbonyl (C=O) groups excluding carboxylic acids is 4. The van der Waals surface area contributed by atoms with E-state index >= 15 is 0 Å². The summed E-state index contributed by atoms with van der Waals surface area (Å²) in [6, 6.07) is 3.03. The van der Waals surface area contributed by atoms with E-state index in [-0.39, 0.29) is 76.5 Å². The summed E-state index contributed by atoms with van der Waals surface area (Å²) in [7, 11) is 1.43. The van der Waals surface area contributed by atoms with Gasteiger partial charge in [-0.05, 0) is 50.3 Å². The summed E-state index contributed by atoms with van der Waals surface area (Å²) in [5.74, 6) is -1.74. The van der Waals surface area contributed by atoms with Crippen LogP contribution in [0.15, 0.2) is 30.6 Å². The Balaban J connectivity index is 0.993. The van der Waals surface area contributed by atoms with Crippen LogP contribution < -0.4 is 21.7 Å². The highest BCUT2D eigenvalue weighted by Gasteiger charge is 2.73. The van der Waals surface area contributed by atoms with Crippen LogP contribution in [-0.2, 0) is 22.8 Å². The number of alkyl halides is 3.